The number of aromatic nitrogens is 2. The molecule has 1 aliphatic heterocycles. The molecule has 0 aliphatic carbocycles. The summed E-state index contributed by atoms with van der Waals surface area (Å²) in [6, 6.07) is 10.8. The predicted molar refractivity (Wildman–Crippen MR) is 71.7 cm³/mol. The van der Waals surface area contributed by atoms with E-state index in [2.05, 4.69) is 49.6 Å². The Morgan fingerprint density at radius 3 is 2.76 bits per heavy atom. The molecule has 1 atom stereocenters. The van der Waals surface area contributed by atoms with Gasteiger partial charge in [-0.15, -0.1) is 0 Å². The smallest absolute Gasteiger partial charge is 0.0924 e. The maximum Gasteiger partial charge on any atom is 0.0924 e. The second-order valence-electron chi connectivity index (χ2n) is 4.36. The minimum Gasteiger partial charge on any atom is -0.309 e. The topological polar surface area (TPSA) is 40.7 Å². The Kier molecular flexibility index (Phi) is 2.99. The van der Waals surface area contributed by atoms with Gasteiger partial charge in [-0.2, -0.15) is 5.10 Å². The number of rotatable bonds is 2. The number of halogens is 1. The van der Waals surface area contributed by atoms with Gasteiger partial charge in [0, 0.05) is 16.1 Å². The maximum atomic E-state index is 4.38. The third kappa shape index (κ3) is 2.28. The zero-order valence-corrected chi connectivity index (χ0v) is 11.0. The molecule has 2 heterocycles. The fraction of sp³-hybridized carbons (Fsp3) is 0.308. The Morgan fingerprint density at radius 2 is 2.06 bits per heavy atom. The lowest BCUT2D eigenvalue weighted by Gasteiger charge is -2.05. The highest BCUT2D eigenvalue weighted by Gasteiger charge is 2.18. The van der Waals surface area contributed by atoms with Crippen LogP contribution in [0.2, 0.25) is 0 Å². The Morgan fingerprint density at radius 1 is 1.24 bits per heavy atom. The van der Waals surface area contributed by atoms with Crippen molar-refractivity contribution in [3.05, 3.63) is 40.5 Å². The number of H-pyrrole nitrogens is 1. The first-order chi connectivity index (χ1) is 8.33. The van der Waals surface area contributed by atoms with E-state index in [-0.39, 0.29) is 0 Å². The molecule has 0 bridgehead atoms. The van der Waals surface area contributed by atoms with Crippen LogP contribution in [0.4, 0.5) is 0 Å². The molecule has 0 spiro atoms. The van der Waals surface area contributed by atoms with Crippen molar-refractivity contribution in [2.45, 2.75) is 18.9 Å². The molecule has 4 heteroatoms. The molecule has 3 rings (SSSR count). The molecular formula is C13H14BrN3. The third-order valence-corrected chi connectivity index (χ3v) is 3.70. The monoisotopic (exact) mass is 291 g/mol. The van der Waals surface area contributed by atoms with Crippen molar-refractivity contribution in [1.29, 1.82) is 0 Å². The Hall–Kier alpha value is -1.13. The van der Waals surface area contributed by atoms with Crippen molar-refractivity contribution in [2.75, 3.05) is 6.54 Å². The summed E-state index contributed by atoms with van der Waals surface area (Å²) < 4.78 is 1.09. The van der Waals surface area contributed by atoms with E-state index in [1.165, 1.54) is 18.5 Å². The Bertz CT molecular complexity index is 498. The summed E-state index contributed by atoms with van der Waals surface area (Å²) in [4.78, 5) is 0. The van der Waals surface area contributed by atoms with E-state index in [0.717, 1.165) is 22.3 Å². The molecule has 88 valence electrons. The number of hydrogen-bond acceptors (Lipinski definition) is 2. The SMILES string of the molecule is Brc1ccc(-c2cc(C3CCCN3)[nH]n2)cc1. The van der Waals surface area contributed by atoms with Crippen LogP contribution in [0, 0.1) is 0 Å². The third-order valence-electron chi connectivity index (χ3n) is 3.17. The van der Waals surface area contributed by atoms with Crippen LogP contribution < -0.4 is 5.32 Å². The van der Waals surface area contributed by atoms with Crippen LogP contribution in [-0.2, 0) is 0 Å². The fourth-order valence-electron chi connectivity index (χ4n) is 2.23. The van der Waals surface area contributed by atoms with Crippen molar-refractivity contribution in [3.63, 3.8) is 0 Å². The van der Waals surface area contributed by atoms with Crippen molar-refractivity contribution < 1.29 is 0 Å². The highest BCUT2D eigenvalue weighted by atomic mass is 79.9. The van der Waals surface area contributed by atoms with Crippen LogP contribution in [0.25, 0.3) is 11.3 Å². The maximum absolute atomic E-state index is 4.38. The molecule has 1 unspecified atom stereocenters. The largest absolute Gasteiger partial charge is 0.309 e. The molecule has 0 saturated carbocycles. The molecule has 2 aromatic rings. The van der Waals surface area contributed by atoms with E-state index in [1.807, 2.05) is 12.1 Å². The fourth-order valence-corrected chi connectivity index (χ4v) is 2.50. The van der Waals surface area contributed by atoms with Gasteiger partial charge in [0.25, 0.3) is 0 Å². The van der Waals surface area contributed by atoms with Gasteiger partial charge in [-0.1, -0.05) is 28.1 Å². The molecule has 3 nitrogen and oxygen atoms in total. The van der Waals surface area contributed by atoms with Gasteiger partial charge in [0.1, 0.15) is 0 Å². The highest BCUT2D eigenvalue weighted by molar-refractivity contribution is 9.10. The lowest BCUT2D eigenvalue weighted by atomic mass is 10.1. The summed E-state index contributed by atoms with van der Waals surface area (Å²) in [6.07, 6.45) is 2.44. The van der Waals surface area contributed by atoms with Crippen molar-refractivity contribution >= 4 is 15.9 Å². The lowest BCUT2D eigenvalue weighted by molar-refractivity contribution is 0.625. The lowest BCUT2D eigenvalue weighted by Crippen LogP contribution is -2.12. The summed E-state index contributed by atoms with van der Waals surface area (Å²) in [6.45, 7) is 1.11. The molecule has 17 heavy (non-hydrogen) atoms. The van der Waals surface area contributed by atoms with Gasteiger partial charge in [0.05, 0.1) is 11.4 Å². The minimum atomic E-state index is 0.451. The molecule has 0 amide bonds. The standard InChI is InChI=1S/C13H14BrN3/c14-10-5-3-9(4-6-10)12-8-13(17-16-12)11-2-1-7-15-11/h3-6,8,11,15H,1-2,7H2,(H,16,17). The first-order valence-electron chi connectivity index (χ1n) is 5.87. The van der Waals surface area contributed by atoms with E-state index < -0.39 is 0 Å². The van der Waals surface area contributed by atoms with Crippen molar-refractivity contribution in [1.82, 2.24) is 15.5 Å². The first-order valence-corrected chi connectivity index (χ1v) is 6.67. The summed E-state index contributed by atoms with van der Waals surface area (Å²) >= 11 is 3.44. The number of hydrogen-bond donors (Lipinski definition) is 2. The van der Waals surface area contributed by atoms with Gasteiger partial charge in [0.15, 0.2) is 0 Å². The van der Waals surface area contributed by atoms with E-state index in [0.29, 0.717) is 6.04 Å². The van der Waals surface area contributed by atoms with Crippen LogP contribution in [0.1, 0.15) is 24.6 Å². The van der Waals surface area contributed by atoms with Gasteiger partial charge in [-0.3, -0.25) is 5.10 Å². The van der Waals surface area contributed by atoms with Crippen molar-refractivity contribution in [3.8, 4) is 11.3 Å². The quantitative estimate of drug-likeness (QED) is 0.892. The number of aromatic amines is 1. The molecule has 1 saturated heterocycles. The van der Waals surface area contributed by atoms with Crippen LogP contribution in [-0.4, -0.2) is 16.7 Å². The van der Waals surface area contributed by atoms with Gasteiger partial charge in [-0.05, 0) is 37.6 Å². The summed E-state index contributed by atoms with van der Waals surface area (Å²) in [5.74, 6) is 0. The second kappa shape index (κ2) is 4.63. The number of benzene rings is 1. The zero-order valence-electron chi connectivity index (χ0n) is 9.41. The molecule has 1 aliphatic rings. The zero-order chi connectivity index (χ0) is 11.7. The molecular weight excluding hydrogens is 278 g/mol. The van der Waals surface area contributed by atoms with Crippen LogP contribution in [0.5, 0.6) is 0 Å². The van der Waals surface area contributed by atoms with E-state index >= 15 is 0 Å². The first kappa shape index (κ1) is 11.0. The van der Waals surface area contributed by atoms with E-state index in [9.17, 15) is 0 Å². The van der Waals surface area contributed by atoms with Crippen LogP contribution in [0.15, 0.2) is 34.8 Å². The van der Waals surface area contributed by atoms with Gasteiger partial charge in [0.2, 0.25) is 0 Å². The summed E-state index contributed by atoms with van der Waals surface area (Å²) in [7, 11) is 0. The van der Waals surface area contributed by atoms with Crippen LogP contribution in [0.3, 0.4) is 0 Å². The molecule has 1 fully saturated rings. The number of nitrogens with one attached hydrogen (secondary N) is 2. The summed E-state index contributed by atoms with van der Waals surface area (Å²) in [5, 5.41) is 11.0. The second-order valence-corrected chi connectivity index (χ2v) is 5.28. The Labute approximate surface area is 109 Å². The number of nitrogens with zero attached hydrogens (tertiary/aromatic N) is 1. The van der Waals surface area contributed by atoms with Gasteiger partial charge < -0.3 is 5.32 Å². The van der Waals surface area contributed by atoms with E-state index in [4.69, 9.17) is 0 Å². The molecule has 0 radical (unpaired) electrons. The molecule has 1 aromatic carbocycles. The van der Waals surface area contributed by atoms with Crippen LogP contribution >= 0.6 is 15.9 Å². The molecule has 1 aromatic heterocycles. The van der Waals surface area contributed by atoms with Gasteiger partial charge >= 0.3 is 0 Å². The van der Waals surface area contributed by atoms with Crippen molar-refractivity contribution in [2.24, 2.45) is 0 Å². The average Bonchev–Trinajstić information content (AvgIpc) is 3.00. The minimum absolute atomic E-state index is 0.451. The molecule has 2 N–H and O–H groups in total. The normalized spacial score (nSPS) is 19.7. The van der Waals surface area contributed by atoms with Gasteiger partial charge in [-0.25, -0.2) is 0 Å². The summed E-state index contributed by atoms with van der Waals surface area (Å²) in [5.41, 5.74) is 3.36. The predicted octanol–water partition coefficient (Wildman–Crippen LogP) is 3.26. The van der Waals surface area contributed by atoms with E-state index in [1.54, 1.807) is 0 Å². The average molecular weight is 292 g/mol. The highest BCUT2D eigenvalue weighted by Crippen LogP contribution is 2.26. The Balaban J connectivity index is 1.86.